The zero-order valence-corrected chi connectivity index (χ0v) is 29.2. The van der Waals surface area contributed by atoms with Crippen LogP contribution in [0.15, 0.2) is 42.5 Å². The van der Waals surface area contributed by atoms with Gasteiger partial charge in [0.25, 0.3) is 0 Å². The molecule has 0 unspecified atom stereocenters. The molecule has 0 heterocycles. The molecule has 1 fully saturated rings. The maximum atomic E-state index is 14.6. The molecular formula is C41H63FO4. The smallest absolute Gasteiger partial charge is 0.343 e. The minimum Gasteiger partial charge on any atom is -0.494 e. The van der Waals surface area contributed by atoms with Gasteiger partial charge in [0, 0.05) is 0 Å². The number of carbonyl (C=O) groups excluding carboxylic acids is 1. The minimum absolute atomic E-state index is 0.158. The number of unbranched alkanes of at least 4 members (excludes halogenated alkanes) is 13. The van der Waals surface area contributed by atoms with Crippen molar-refractivity contribution in [3.63, 3.8) is 0 Å². The van der Waals surface area contributed by atoms with Gasteiger partial charge in [-0.05, 0) is 73.6 Å². The maximum Gasteiger partial charge on any atom is 0.343 e. The average Bonchev–Trinajstić information content (AvgIpc) is 3.07. The Balaban J connectivity index is 1.25. The molecule has 1 aliphatic carbocycles. The van der Waals surface area contributed by atoms with Gasteiger partial charge in [0.05, 0.1) is 18.8 Å². The predicted octanol–water partition coefficient (Wildman–Crippen LogP) is 12.7. The van der Waals surface area contributed by atoms with E-state index in [1.165, 1.54) is 134 Å². The summed E-state index contributed by atoms with van der Waals surface area (Å²) in [4.78, 5) is 12.6. The number of esters is 1. The number of halogens is 1. The number of hydrogen-bond donors (Lipinski definition) is 0. The largest absolute Gasteiger partial charge is 0.494 e. The Morgan fingerprint density at radius 1 is 0.609 bits per heavy atom. The number of hydrogen-bond acceptors (Lipinski definition) is 4. The average molecular weight is 639 g/mol. The summed E-state index contributed by atoms with van der Waals surface area (Å²) in [7, 11) is 0. The molecule has 4 nitrogen and oxygen atoms in total. The number of benzene rings is 2. The molecule has 1 saturated carbocycles. The second-order valence-electron chi connectivity index (χ2n) is 13.6. The molecule has 2 aromatic carbocycles. The highest BCUT2D eigenvalue weighted by Crippen LogP contribution is 2.34. The predicted molar refractivity (Wildman–Crippen MR) is 189 cm³/mol. The Morgan fingerprint density at radius 3 is 1.70 bits per heavy atom. The molecule has 0 bridgehead atoms. The molecule has 258 valence electrons. The van der Waals surface area contributed by atoms with Gasteiger partial charge in [-0.3, -0.25) is 0 Å². The van der Waals surface area contributed by atoms with Crippen LogP contribution in [0, 0.1) is 17.7 Å². The first kappa shape index (κ1) is 37.9. The molecule has 1 aliphatic rings. The van der Waals surface area contributed by atoms with Gasteiger partial charge in [-0.15, -0.1) is 0 Å². The normalized spacial score (nSPS) is 16.3. The van der Waals surface area contributed by atoms with Crippen LogP contribution in [0.2, 0.25) is 0 Å². The number of rotatable bonds is 25. The van der Waals surface area contributed by atoms with Crippen LogP contribution in [0.3, 0.4) is 0 Å². The quantitative estimate of drug-likeness (QED) is 0.0616. The van der Waals surface area contributed by atoms with Crippen LogP contribution in [0.25, 0.3) is 0 Å². The second-order valence-corrected chi connectivity index (χ2v) is 13.6. The van der Waals surface area contributed by atoms with Crippen LogP contribution in [0.4, 0.5) is 4.39 Å². The number of ether oxygens (including phenoxy) is 3. The molecule has 3 rings (SSSR count). The molecule has 5 heteroatoms. The summed E-state index contributed by atoms with van der Waals surface area (Å²) in [6, 6.07) is 11.3. The fourth-order valence-electron chi connectivity index (χ4n) is 6.69. The Bertz CT molecular complexity index is 1060. The maximum absolute atomic E-state index is 14.6. The van der Waals surface area contributed by atoms with Gasteiger partial charge in [0.2, 0.25) is 0 Å². The van der Waals surface area contributed by atoms with Crippen molar-refractivity contribution in [3.8, 4) is 17.2 Å². The first-order valence-corrected chi connectivity index (χ1v) is 19.0. The van der Waals surface area contributed by atoms with Crippen molar-refractivity contribution in [2.45, 2.75) is 155 Å². The third kappa shape index (κ3) is 15.8. The standard InChI is InChI=1S/C41H63FO4/c1-3-5-7-9-10-11-12-13-15-17-31-45-40-30-25-36(33-39(40)42)41(43)46-38-28-26-37(27-29-38)44-32-18-20-35-23-21-34(22-24-35)19-16-14-8-6-4-2/h25-30,33-35H,3-24,31-32H2,1-2H3/t34-,35-. The summed E-state index contributed by atoms with van der Waals surface area (Å²) in [6.07, 6.45) is 28.7. The molecule has 0 aromatic heterocycles. The monoisotopic (exact) mass is 638 g/mol. The Morgan fingerprint density at radius 2 is 1.11 bits per heavy atom. The van der Waals surface area contributed by atoms with Gasteiger partial charge in [0.15, 0.2) is 11.6 Å². The zero-order valence-electron chi connectivity index (χ0n) is 29.2. The van der Waals surface area contributed by atoms with Crippen LogP contribution in [-0.2, 0) is 0 Å². The lowest BCUT2D eigenvalue weighted by atomic mass is 9.78. The Labute approximate surface area is 280 Å². The van der Waals surface area contributed by atoms with Crippen LogP contribution in [0.5, 0.6) is 17.2 Å². The van der Waals surface area contributed by atoms with E-state index < -0.39 is 11.8 Å². The van der Waals surface area contributed by atoms with Crippen molar-refractivity contribution >= 4 is 5.97 Å². The fraction of sp³-hybridized carbons (Fsp3) is 0.683. The van der Waals surface area contributed by atoms with Crippen molar-refractivity contribution in [2.24, 2.45) is 11.8 Å². The van der Waals surface area contributed by atoms with E-state index in [1.54, 1.807) is 18.2 Å². The van der Waals surface area contributed by atoms with Crippen molar-refractivity contribution < 1.29 is 23.4 Å². The molecule has 0 saturated heterocycles. The summed E-state index contributed by atoms with van der Waals surface area (Å²) >= 11 is 0. The molecule has 0 spiro atoms. The van der Waals surface area contributed by atoms with E-state index in [1.807, 2.05) is 12.1 Å². The van der Waals surface area contributed by atoms with E-state index in [9.17, 15) is 9.18 Å². The molecule has 0 radical (unpaired) electrons. The van der Waals surface area contributed by atoms with Crippen LogP contribution in [-0.4, -0.2) is 19.2 Å². The summed E-state index contributed by atoms with van der Waals surface area (Å²) in [6.45, 7) is 5.70. The van der Waals surface area contributed by atoms with E-state index in [4.69, 9.17) is 14.2 Å². The van der Waals surface area contributed by atoms with E-state index in [0.717, 1.165) is 36.8 Å². The van der Waals surface area contributed by atoms with E-state index in [-0.39, 0.29) is 11.3 Å². The van der Waals surface area contributed by atoms with E-state index in [2.05, 4.69) is 13.8 Å². The minimum atomic E-state index is -0.597. The third-order valence-electron chi connectivity index (χ3n) is 9.67. The molecule has 0 N–H and O–H groups in total. The molecule has 2 aromatic rings. The zero-order chi connectivity index (χ0) is 32.7. The molecular weight excluding hydrogens is 575 g/mol. The van der Waals surface area contributed by atoms with Gasteiger partial charge < -0.3 is 14.2 Å². The third-order valence-corrected chi connectivity index (χ3v) is 9.67. The highest BCUT2D eigenvalue weighted by atomic mass is 19.1. The van der Waals surface area contributed by atoms with Crippen molar-refractivity contribution in [1.29, 1.82) is 0 Å². The summed E-state index contributed by atoms with van der Waals surface area (Å²) < 4.78 is 31.7. The fourth-order valence-corrected chi connectivity index (χ4v) is 6.69. The van der Waals surface area contributed by atoms with Crippen molar-refractivity contribution in [2.75, 3.05) is 13.2 Å². The molecule has 46 heavy (non-hydrogen) atoms. The van der Waals surface area contributed by atoms with E-state index >= 15 is 0 Å². The lowest BCUT2D eigenvalue weighted by molar-refractivity contribution is 0.0734. The highest BCUT2D eigenvalue weighted by Gasteiger charge is 2.20. The Hall–Kier alpha value is -2.56. The summed E-state index contributed by atoms with van der Waals surface area (Å²) in [5.41, 5.74) is 0.158. The van der Waals surface area contributed by atoms with E-state index in [0.29, 0.717) is 19.0 Å². The molecule has 0 aliphatic heterocycles. The first-order chi connectivity index (χ1) is 22.6. The summed E-state index contributed by atoms with van der Waals surface area (Å²) in [5.74, 6) is 2.00. The topological polar surface area (TPSA) is 44.8 Å². The molecule has 0 atom stereocenters. The highest BCUT2D eigenvalue weighted by molar-refractivity contribution is 5.91. The first-order valence-electron chi connectivity index (χ1n) is 19.0. The van der Waals surface area contributed by atoms with Crippen LogP contribution >= 0.6 is 0 Å². The Kier molecular flexibility index (Phi) is 19.5. The van der Waals surface area contributed by atoms with Crippen molar-refractivity contribution in [1.82, 2.24) is 0 Å². The molecule has 0 amide bonds. The SMILES string of the molecule is CCCCCCCCCCCCOc1ccc(C(=O)Oc2ccc(OCCC[C@H]3CC[C@H](CCCCCCC)CC3)cc2)cc1F. The van der Waals surface area contributed by atoms with Crippen LogP contribution < -0.4 is 14.2 Å². The number of carbonyl (C=O) groups is 1. The van der Waals surface area contributed by atoms with Gasteiger partial charge >= 0.3 is 5.97 Å². The van der Waals surface area contributed by atoms with Gasteiger partial charge in [-0.1, -0.05) is 136 Å². The van der Waals surface area contributed by atoms with Crippen LogP contribution in [0.1, 0.15) is 165 Å². The van der Waals surface area contributed by atoms with Crippen molar-refractivity contribution in [3.05, 3.63) is 53.8 Å². The second kappa shape index (κ2) is 23.7. The lowest BCUT2D eigenvalue weighted by Gasteiger charge is -2.28. The summed E-state index contributed by atoms with van der Waals surface area (Å²) in [5, 5.41) is 0. The van der Waals surface area contributed by atoms with Gasteiger partial charge in [-0.25, -0.2) is 9.18 Å². The lowest BCUT2D eigenvalue weighted by Crippen LogP contribution is -2.15. The van der Waals surface area contributed by atoms with Gasteiger partial charge in [0.1, 0.15) is 11.5 Å². The van der Waals surface area contributed by atoms with Gasteiger partial charge in [-0.2, -0.15) is 0 Å².